The van der Waals surface area contributed by atoms with Crippen LogP contribution < -0.4 is 5.32 Å². The summed E-state index contributed by atoms with van der Waals surface area (Å²) in [5.74, 6) is -0.0958. The van der Waals surface area contributed by atoms with E-state index in [1.807, 2.05) is 36.4 Å². The Balaban J connectivity index is 1.83. The lowest BCUT2D eigenvalue weighted by Crippen LogP contribution is -2.48. The predicted octanol–water partition coefficient (Wildman–Crippen LogP) is 3.14. The van der Waals surface area contributed by atoms with E-state index in [4.69, 9.17) is 16.9 Å². The van der Waals surface area contributed by atoms with Crippen molar-refractivity contribution in [2.75, 3.05) is 38.5 Å². The zero-order valence-electron chi connectivity index (χ0n) is 14.7. The fraction of sp³-hybridized carbons (Fsp3) is 0.300. The van der Waals surface area contributed by atoms with Gasteiger partial charge in [0, 0.05) is 31.9 Å². The maximum atomic E-state index is 13.1. The number of carbonyl (C=O) groups excluding carboxylic acids is 1. The molecule has 6 heteroatoms. The Morgan fingerprint density at radius 2 is 1.85 bits per heavy atom. The van der Waals surface area contributed by atoms with Crippen LogP contribution in [0.1, 0.15) is 17.2 Å². The van der Waals surface area contributed by atoms with Gasteiger partial charge in [0.05, 0.1) is 10.6 Å². The van der Waals surface area contributed by atoms with Crippen LogP contribution in [-0.4, -0.2) is 48.9 Å². The van der Waals surface area contributed by atoms with Crippen molar-refractivity contribution in [2.24, 2.45) is 0 Å². The number of carbonyl (C=O) groups is 1. The third-order valence-corrected chi connectivity index (χ3v) is 4.94. The number of likely N-dealkylation sites (N-methyl/N-ethyl adjacent to an activating group) is 1. The highest BCUT2D eigenvalue weighted by molar-refractivity contribution is 6.32. The standard InChI is InChI=1S/C20H21ClN4O/c1-24-9-11-25(12-10-24)19(15-5-3-2-4-6-15)20(26)23-17-8-7-16(14-22)18(21)13-17/h2-8,13,19H,9-12H2,1H3,(H,23,26). The Kier molecular flexibility index (Phi) is 5.89. The van der Waals surface area contributed by atoms with E-state index in [0.717, 1.165) is 31.7 Å². The second-order valence-electron chi connectivity index (χ2n) is 6.45. The molecule has 1 atom stereocenters. The van der Waals surface area contributed by atoms with E-state index in [9.17, 15) is 4.79 Å². The predicted molar refractivity (Wildman–Crippen MR) is 103 cm³/mol. The van der Waals surface area contributed by atoms with Gasteiger partial charge < -0.3 is 10.2 Å². The highest BCUT2D eigenvalue weighted by atomic mass is 35.5. The van der Waals surface area contributed by atoms with E-state index in [2.05, 4.69) is 22.2 Å². The first-order chi connectivity index (χ1) is 12.6. The quantitative estimate of drug-likeness (QED) is 0.900. The average Bonchev–Trinajstić information content (AvgIpc) is 2.65. The van der Waals surface area contributed by atoms with Gasteiger partial charge in [0.25, 0.3) is 0 Å². The van der Waals surface area contributed by atoms with Crippen LogP contribution in [0.25, 0.3) is 0 Å². The van der Waals surface area contributed by atoms with Crippen molar-refractivity contribution in [2.45, 2.75) is 6.04 Å². The van der Waals surface area contributed by atoms with Crippen molar-refractivity contribution in [3.63, 3.8) is 0 Å². The van der Waals surface area contributed by atoms with Crippen molar-refractivity contribution in [1.29, 1.82) is 5.26 Å². The molecule has 0 spiro atoms. The van der Waals surface area contributed by atoms with E-state index in [1.54, 1.807) is 18.2 Å². The number of nitrogens with zero attached hydrogens (tertiary/aromatic N) is 3. The molecule has 1 unspecified atom stereocenters. The molecule has 0 radical (unpaired) electrons. The number of nitrogens with one attached hydrogen (secondary N) is 1. The van der Waals surface area contributed by atoms with Gasteiger partial charge in [0.1, 0.15) is 12.1 Å². The number of piperazine rings is 1. The van der Waals surface area contributed by atoms with Crippen LogP contribution in [0.15, 0.2) is 48.5 Å². The van der Waals surface area contributed by atoms with E-state index in [1.165, 1.54) is 0 Å². The van der Waals surface area contributed by atoms with Crippen LogP contribution in [0, 0.1) is 11.3 Å². The van der Waals surface area contributed by atoms with Gasteiger partial charge in [-0.2, -0.15) is 5.26 Å². The monoisotopic (exact) mass is 368 g/mol. The summed E-state index contributed by atoms with van der Waals surface area (Å²) in [7, 11) is 2.09. The number of hydrogen-bond donors (Lipinski definition) is 1. The van der Waals surface area contributed by atoms with Gasteiger partial charge in [-0.25, -0.2) is 0 Å². The highest BCUT2D eigenvalue weighted by Crippen LogP contribution is 2.26. The first-order valence-electron chi connectivity index (χ1n) is 8.56. The molecule has 1 saturated heterocycles. The maximum Gasteiger partial charge on any atom is 0.246 e. The molecule has 3 rings (SSSR count). The van der Waals surface area contributed by atoms with Gasteiger partial charge in [-0.15, -0.1) is 0 Å². The van der Waals surface area contributed by atoms with Crippen molar-refractivity contribution in [3.05, 3.63) is 64.7 Å². The molecule has 0 bridgehead atoms. The van der Waals surface area contributed by atoms with Crippen LogP contribution in [0.4, 0.5) is 5.69 Å². The lowest BCUT2D eigenvalue weighted by atomic mass is 10.0. The van der Waals surface area contributed by atoms with Gasteiger partial charge in [0.2, 0.25) is 5.91 Å². The third-order valence-electron chi connectivity index (χ3n) is 4.62. The summed E-state index contributed by atoms with van der Waals surface area (Å²) in [6.45, 7) is 3.52. The smallest absolute Gasteiger partial charge is 0.246 e. The Morgan fingerprint density at radius 1 is 1.15 bits per heavy atom. The first-order valence-corrected chi connectivity index (χ1v) is 8.94. The zero-order chi connectivity index (χ0) is 18.5. The van der Waals surface area contributed by atoms with E-state index in [-0.39, 0.29) is 11.9 Å². The minimum atomic E-state index is -0.362. The number of nitriles is 1. The number of halogens is 1. The summed E-state index contributed by atoms with van der Waals surface area (Å²) in [5, 5.41) is 12.3. The summed E-state index contributed by atoms with van der Waals surface area (Å²) in [6, 6.07) is 16.4. The maximum absolute atomic E-state index is 13.1. The fourth-order valence-electron chi connectivity index (χ4n) is 3.14. The molecule has 0 aliphatic carbocycles. The Morgan fingerprint density at radius 3 is 2.46 bits per heavy atom. The number of anilines is 1. The Bertz CT molecular complexity index is 810. The topological polar surface area (TPSA) is 59.4 Å². The van der Waals surface area contributed by atoms with E-state index < -0.39 is 0 Å². The zero-order valence-corrected chi connectivity index (χ0v) is 15.4. The Hall–Kier alpha value is -2.39. The minimum absolute atomic E-state index is 0.0958. The van der Waals surface area contributed by atoms with Crippen LogP contribution >= 0.6 is 11.6 Å². The van der Waals surface area contributed by atoms with Gasteiger partial charge in [0.15, 0.2) is 0 Å². The molecule has 1 heterocycles. The van der Waals surface area contributed by atoms with Gasteiger partial charge in [-0.1, -0.05) is 41.9 Å². The van der Waals surface area contributed by atoms with Crippen LogP contribution in [0.5, 0.6) is 0 Å². The molecule has 2 aromatic carbocycles. The van der Waals surface area contributed by atoms with Crippen LogP contribution in [0.2, 0.25) is 5.02 Å². The normalized spacial score (nSPS) is 16.7. The lowest BCUT2D eigenvalue weighted by molar-refractivity contribution is -0.122. The molecule has 1 fully saturated rings. The summed E-state index contributed by atoms with van der Waals surface area (Å²) < 4.78 is 0. The number of hydrogen-bond acceptors (Lipinski definition) is 4. The first kappa shape index (κ1) is 18.4. The molecule has 0 aromatic heterocycles. The lowest BCUT2D eigenvalue weighted by Gasteiger charge is -2.37. The summed E-state index contributed by atoms with van der Waals surface area (Å²) >= 11 is 6.08. The highest BCUT2D eigenvalue weighted by Gasteiger charge is 2.29. The molecule has 5 nitrogen and oxygen atoms in total. The van der Waals surface area contributed by atoms with Crippen LogP contribution in [0.3, 0.4) is 0 Å². The Labute approximate surface area is 158 Å². The molecular weight excluding hydrogens is 348 g/mol. The molecule has 26 heavy (non-hydrogen) atoms. The second-order valence-corrected chi connectivity index (χ2v) is 6.86. The van der Waals surface area contributed by atoms with Crippen molar-refractivity contribution >= 4 is 23.2 Å². The minimum Gasteiger partial charge on any atom is -0.324 e. The van der Waals surface area contributed by atoms with Crippen LogP contribution in [-0.2, 0) is 4.79 Å². The largest absolute Gasteiger partial charge is 0.324 e. The van der Waals surface area contributed by atoms with Gasteiger partial charge >= 0.3 is 0 Å². The number of amides is 1. The SMILES string of the molecule is CN1CCN(C(C(=O)Nc2ccc(C#N)c(Cl)c2)c2ccccc2)CC1. The second kappa shape index (κ2) is 8.33. The number of benzene rings is 2. The van der Waals surface area contributed by atoms with E-state index >= 15 is 0 Å². The molecule has 0 saturated carbocycles. The summed E-state index contributed by atoms with van der Waals surface area (Å²) in [6.07, 6.45) is 0. The van der Waals surface area contributed by atoms with Crippen molar-refractivity contribution < 1.29 is 4.79 Å². The summed E-state index contributed by atoms with van der Waals surface area (Å²) in [4.78, 5) is 17.6. The van der Waals surface area contributed by atoms with Gasteiger partial charge in [-0.3, -0.25) is 9.69 Å². The fourth-order valence-corrected chi connectivity index (χ4v) is 3.36. The third kappa shape index (κ3) is 4.23. The van der Waals surface area contributed by atoms with Crippen molar-refractivity contribution in [3.8, 4) is 6.07 Å². The molecule has 1 aliphatic heterocycles. The summed E-state index contributed by atoms with van der Waals surface area (Å²) in [5.41, 5.74) is 1.95. The average molecular weight is 369 g/mol. The molecule has 1 amide bonds. The van der Waals surface area contributed by atoms with E-state index in [0.29, 0.717) is 16.3 Å². The molecular formula is C20H21ClN4O. The van der Waals surface area contributed by atoms with Crippen molar-refractivity contribution in [1.82, 2.24) is 9.80 Å². The number of rotatable bonds is 4. The molecule has 1 N–H and O–H groups in total. The molecule has 134 valence electrons. The molecule has 1 aliphatic rings. The molecule has 2 aromatic rings. The van der Waals surface area contributed by atoms with Gasteiger partial charge in [-0.05, 0) is 30.8 Å².